The molecule has 0 aliphatic rings. The van der Waals surface area contributed by atoms with Crippen LogP contribution in [0.5, 0.6) is 11.5 Å². The lowest BCUT2D eigenvalue weighted by Gasteiger charge is -2.14. The van der Waals surface area contributed by atoms with E-state index in [0.29, 0.717) is 27.9 Å². The van der Waals surface area contributed by atoms with Crippen molar-refractivity contribution in [3.8, 4) is 11.5 Å². The molecule has 0 heterocycles. The lowest BCUT2D eigenvalue weighted by Crippen LogP contribution is -1.97. The van der Waals surface area contributed by atoms with Gasteiger partial charge in [0.15, 0.2) is 0 Å². The molecule has 0 aliphatic heterocycles. The minimum Gasteiger partial charge on any atom is -0.495 e. The molecule has 0 saturated carbocycles. The Morgan fingerprint density at radius 2 is 1.68 bits per heavy atom. The molecule has 0 radical (unpaired) electrons. The molecule has 2 aromatic rings. The van der Waals surface area contributed by atoms with Crippen molar-refractivity contribution in [1.29, 1.82) is 0 Å². The number of anilines is 2. The van der Waals surface area contributed by atoms with Crippen LogP contribution in [0, 0.1) is 10.1 Å². The van der Waals surface area contributed by atoms with Gasteiger partial charge in [-0.2, -0.15) is 0 Å². The number of ether oxygens (including phenoxy) is 2. The van der Waals surface area contributed by atoms with Crippen molar-refractivity contribution < 1.29 is 14.4 Å². The Hall–Kier alpha value is -2.18. The molecule has 0 aliphatic carbocycles. The molecular weight excluding hydrogens is 331 g/mol. The van der Waals surface area contributed by atoms with Crippen LogP contribution in [0.2, 0.25) is 10.0 Å². The van der Waals surface area contributed by atoms with Crippen LogP contribution in [0.4, 0.5) is 17.1 Å². The maximum absolute atomic E-state index is 10.7. The van der Waals surface area contributed by atoms with Crippen LogP contribution >= 0.6 is 23.2 Å². The minimum absolute atomic E-state index is 0.0869. The molecule has 0 unspecified atom stereocenters. The molecule has 6 nitrogen and oxygen atoms in total. The van der Waals surface area contributed by atoms with E-state index in [4.69, 9.17) is 32.7 Å². The van der Waals surface area contributed by atoms with Crippen molar-refractivity contribution >= 4 is 40.3 Å². The van der Waals surface area contributed by atoms with E-state index in [-0.39, 0.29) is 10.7 Å². The quantitative estimate of drug-likeness (QED) is 0.631. The summed E-state index contributed by atoms with van der Waals surface area (Å²) in [5.74, 6) is 0.947. The lowest BCUT2D eigenvalue weighted by molar-refractivity contribution is -0.384. The summed E-state index contributed by atoms with van der Waals surface area (Å²) >= 11 is 12.1. The van der Waals surface area contributed by atoms with Crippen LogP contribution < -0.4 is 14.8 Å². The number of methoxy groups -OCH3 is 2. The van der Waals surface area contributed by atoms with Crippen LogP contribution in [-0.4, -0.2) is 19.1 Å². The van der Waals surface area contributed by atoms with Crippen molar-refractivity contribution in [3.63, 3.8) is 0 Å². The molecule has 22 heavy (non-hydrogen) atoms. The third-order valence-electron chi connectivity index (χ3n) is 2.91. The highest BCUT2D eigenvalue weighted by atomic mass is 35.5. The van der Waals surface area contributed by atoms with Crippen LogP contribution in [-0.2, 0) is 0 Å². The Bertz CT molecular complexity index is 722. The van der Waals surface area contributed by atoms with Gasteiger partial charge in [-0.25, -0.2) is 0 Å². The molecule has 2 aromatic carbocycles. The first-order chi connectivity index (χ1) is 10.5. The number of nitro benzene ring substituents is 1. The number of benzene rings is 2. The molecule has 0 aromatic heterocycles. The highest BCUT2D eigenvalue weighted by molar-refractivity contribution is 6.33. The fourth-order valence-electron chi connectivity index (χ4n) is 1.82. The molecule has 8 heteroatoms. The van der Waals surface area contributed by atoms with Crippen LogP contribution in [0.15, 0.2) is 30.3 Å². The summed E-state index contributed by atoms with van der Waals surface area (Å²) in [4.78, 5) is 10.2. The summed E-state index contributed by atoms with van der Waals surface area (Å²) in [7, 11) is 3.00. The highest BCUT2D eigenvalue weighted by Crippen LogP contribution is 2.39. The number of hydrogen-bond donors (Lipinski definition) is 1. The van der Waals surface area contributed by atoms with Crippen molar-refractivity contribution in [2.24, 2.45) is 0 Å². The Kier molecular flexibility index (Phi) is 4.95. The fourth-order valence-corrected chi connectivity index (χ4v) is 2.28. The van der Waals surface area contributed by atoms with E-state index in [1.165, 1.54) is 32.4 Å². The number of rotatable bonds is 5. The lowest BCUT2D eigenvalue weighted by atomic mass is 10.2. The largest absolute Gasteiger partial charge is 0.495 e. The molecule has 1 N–H and O–H groups in total. The maximum Gasteiger partial charge on any atom is 0.271 e. The Morgan fingerprint density at radius 3 is 2.23 bits per heavy atom. The number of nitro groups is 1. The highest BCUT2D eigenvalue weighted by Gasteiger charge is 2.13. The van der Waals surface area contributed by atoms with Gasteiger partial charge in [-0.3, -0.25) is 10.1 Å². The van der Waals surface area contributed by atoms with Crippen molar-refractivity contribution in [2.75, 3.05) is 19.5 Å². The predicted octanol–water partition coefficient (Wildman–Crippen LogP) is 4.66. The normalized spacial score (nSPS) is 10.2. The minimum atomic E-state index is -0.512. The molecule has 0 amide bonds. The zero-order valence-corrected chi connectivity index (χ0v) is 13.2. The van der Waals surface area contributed by atoms with Gasteiger partial charge < -0.3 is 14.8 Å². The van der Waals surface area contributed by atoms with Crippen molar-refractivity contribution in [2.45, 2.75) is 0 Å². The maximum atomic E-state index is 10.7. The predicted molar refractivity (Wildman–Crippen MR) is 85.9 cm³/mol. The number of non-ortho nitro benzene ring substituents is 1. The van der Waals surface area contributed by atoms with Gasteiger partial charge >= 0.3 is 0 Å². The number of hydrogen-bond acceptors (Lipinski definition) is 5. The fraction of sp³-hybridized carbons (Fsp3) is 0.143. The molecule has 2 rings (SSSR count). The Balaban J connectivity index is 2.40. The molecule has 116 valence electrons. The summed E-state index contributed by atoms with van der Waals surface area (Å²) in [6.45, 7) is 0. The number of halogens is 2. The second-order valence-electron chi connectivity index (χ2n) is 4.23. The van der Waals surface area contributed by atoms with Crippen molar-refractivity contribution in [1.82, 2.24) is 0 Å². The third-order valence-corrected chi connectivity index (χ3v) is 3.51. The first-order valence-corrected chi connectivity index (χ1v) is 6.84. The number of nitrogens with one attached hydrogen (secondary N) is 1. The summed E-state index contributed by atoms with van der Waals surface area (Å²) in [5.41, 5.74) is 0.977. The standard InChI is InChI=1S/C14H12Cl2N2O4/c1-21-13-7-12(14(22-2)6-10(13)16)17-11-4-3-8(18(19)20)5-9(11)15/h3-7,17H,1-2H3. The monoisotopic (exact) mass is 342 g/mol. The molecule has 0 saturated heterocycles. The summed E-state index contributed by atoms with van der Waals surface area (Å²) in [5, 5.41) is 14.4. The van der Waals surface area contributed by atoms with Crippen LogP contribution in [0.3, 0.4) is 0 Å². The van der Waals surface area contributed by atoms with Crippen molar-refractivity contribution in [3.05, 3.63) is 50.5 Å². The number of nitrogens with zero attached hydrogens (tertiary/aromatic N) is 1. The van der Waals surface area contributed by atoms with Gasteiger partial charge in [0.2, 0.25) is 0 Å². The van der Waals surface area contributed by atoms with E-state index in [2.05, 4.69) is 5.32 Å². The Morgan fingerprint density at radius 1 is 1.00 bits per heavy atom. The molecule has 0 fully saturated rings. The smallest absolute Gasteiger partial charge is 0.271 e. The topological polar surface area (TPSA) is 73.6 Å². The average Bonchev–Trinajstić information content (AvgIpc) is 2.50. The van der Waals surface area contributed by atoms with Gasteiger partial charge in [-0.1, -0.05) is 23.2 Å². The molecular formula is C14H12Cl2N2O4. The summed E-state index contributed by atoms with van der Waals surface area (Å²) in [6.07, 6.45) is 0. The zero-order chi connectivity index (χ0) is 16.3. The van der Waals surface area contributed by atoms with Crippen LogP contribution in [0.1, 0.15) is 0 Å². The van der Waals surface area contributed by atoms with E-state index in [9.17, 15) is 10.1 Å². The molecule has 0 spiro atoms. The third kappa shape index (κ3) is 3.35. The average molecular weight is 343 g/mol. The second-order valence-corrected chi connectivity index (χ2v) is 5.05. The van der Waals surface area contributed by atoms with Crippen LogP contribution in [0.25, 0.3) is 0 Å². The van der Waals surface area contributed by atoms with E-state index >= 15 is 0 Å². The second kappa shape index (κ2) is 6.72. The summed E-state index contributed by atoms with van der Waals surface area (Å²) < 4.78 is 10.4. The van der Waals surface area contributed by atoms with E-state index in [1.54, 1.807) is 12.1 Å². The van der Waals surface area contributed by atoms with Gasteiger partial charge in [0, 0.05) is 24.3 Å². The summed E-state index contributed by atoms with van der Waals surface area (Å²) in [6, 6.07) is 7.39. The van der Waals surface area contributed by atoms with Gasteiger partial charge in [0.1, 0.15) is 11.5 Å². The molecule has 0 bridgehead atoms. The zero-order valence-electron chi connectivity index (χ0n) is 11.7. The first-order valence-electron chi connectivity index (χ1n) is 6.08. The Labute approximate surface area is 136 Å². The SMILES string of the molecule is COc1cc(Nc2ccc([N+](=O)[O-])cc2Cl)c(OC)cc1Cl. The van der Waals surface area contributed by atoms with Gasteiger partial charge in [-0.05, 0) is 6.07 Å². The molecule has 0 atom stereocenters. The van der Waals surface area contributed by atoms with Gasteiger partial charge in [0.25, 0.3) is 5.69 Å². The van der Waals surface area contributed by atoms with E-state index in [0.717, 1.165) is 0 Å². The van der Waals surface area contributed by atoms with E-state index in [1.807, 2.05) is 0 Å². The van der Waals surface area contributed by atoms with E-state index < -0.39 is 4.92 Å². The first kappa shape index (κ1) is 16.2. The van der Waals surface area contributed by atoms with Gasteiger partial charge in [0.05, 0.1) is 40.6 Å². The van der Waals surface area contributed by atoms with Gasteiger partial charge in [-0.15, -0.1) is 0 Å².